The van der Waals surface area contributed by atoms with Crippen LogP contribution in [0.25, 0.3) is 11.3 Å². The van der Waals surface area contributed by atoms with Gasteiger partial charge in [-0.1, -0.05) is 36.4 Å². The van der Waals surface area contributed by atoms with Crippen LogP contribution in [-0.2, 0) is 36.0 Å². The van der Waals surface area contributed by atoms with Crippen molar-refractivity contribution in [3.8, 4) is 11.3 Å². The summed E-state index contributed by atoms with van der Waals surface area (Å²) in [6, 6.07) is 19.1. The molecule has 236 valence electrons. The molecule has 4 aromatic rings. The fourth-order valence-electron chi connectivity index (χ4n) is 6.40. The number of rotatable bonds is 8. The van der Waals surface area contributed by atoms with Crippen LogP contribution in [0.4, 0.5) is 17.2 Å². The summed E-state index contributed by atoms with van der Waals surface area (Å²) in [5.41, 5.74) is 6.65. The number of aromatic nitrogens is 2. The zero-order chi connectivity index (χ0) is 31.8. The Kier molecular flexibility index (Phi) is 8.14. The van der Waals surface area contributed by atoms with Gasteiger partial charge in [0.2, 0.25) is 5.91 Å². The van der Waals surface area contributed by atoms with Gasteiger partial charge >= 0.3 is 0 Å². The smallest absolute Gasteiger partial charge is 0.293 e. The van der Waals surface area contributed by atoms with E-state index in [2.05, 4.69) is 22.4 Å². The van der Waals surface area contributed by atoms with Crippen molar-refractivity contribution in [2.24, 2.45) is 7.05 Å². The molecule has 1 aromatic heterocycles. The number of hydrogen-bond donors (Lipinski definition) is 2. The van der Waals surface area contributed by atoms with E-state index >= 15 is 0 Å². The second kappa shape index (κ2) is 12.5. The lowest BCUT2D eigenvalue weighted by molar-refractivity contribution is -0.134. The van der Waals surface area contributed by atoms with E-state index in [1.54, 1.807) is 18.1 Å². The minimum absolute atomic E-state index is 0.0624. The highest BCUT2D eigenvalue weighted by Crippen LogP contribution is 2.41. The summed E-state index contributed by atoms with van der Waals surface area (Å²) >= 11 is 0. The van der Waals surface area contributed by atoms with E-state index in [0.29, 0.717) is 78.9 Å². The predicted octanol–water partition coefficient (Wildman–Crippen LogP) is 4.16. The average Bonchev–Trinajstić information content (AvgIpc) is 3.94. The Bertz CT molecular complexity index is 1860. The molecule has 0 atom stereocenters. The van der Waals surface area contributed by atoms with E-state index in [1.165, 1.54) is 23.0 Å². The second-order valence-corrected chi connectivity index (χ2v) is 12.2. The number of nitrogens with one attached hydrogen (secondary N) is 1. The van der Waals surface area contributed by atoms with Crippen LogP contribution in [0, 0.1) is 0 Å². The molecule has 1 saturated heterocycles. The number of carbonyl (C=O) groups excluding carboxylic acids is 2. The van der Waals surface area contributed by atoms with Crippen LogP contribution in [0.1, 0.15) is 51.4 Å². The normalized spacial score (nSPS) is 16.3. The van der Waals surface area contributed by atoms with Crippen molar-refractivity contribution < 1.29 is 19.4 Å². The number of morpholine rings is 1. The SMILES string of the molecule is Cn1cc(-c2cccc(N3CCc4cc(C5CC5)ccc4C3=O)c2CO)nc(Nc2ccc(CC(=O)N3CCOCC3)cc2)c1=O. The number of hydrogen-bond acceptors (Lipinski definition) is 7. The molecule has 2 fully saturated rings. The van der Waals surface area contributed by atoms with Gasteiger partial charge < -0.3 is 29.5 Å². The first-order valence-electron chi connectivity index (χ1n) is 15.9. The van der Waals surface area contributed by atoms with Crippen LogP contribution in [0.15, 0.2) is 71.7 Å². The van der Waals surface area contributed by atoms with E-state index < -0.39 is 0 Å². The third kappa shape index (κ3) is 5.93. The molecule has 2 aliphatic heterocycles. The number of aliphatic hydroxyl groups is 1. The molecule has 3 aliphatic rings. The molecule has 0 spiro atoms. The first kappa shape index (κ1) is 29.9. The van der Waals surface area contributed by atoms with Crippen molar-refractivity contribution in [1.82, 2.24) is 14.5 Å². The van der Waals surface area contributed by atoms with Gasteiger partial charge in [-0.05, 0) is 66.1 Å². The molecular weight excluding hydrogens is 582 g/mol. The number of benzene rings is 3. The number of ether oxygens (including phenoxy) is 1. The zero-order valence-electron chi connectivity index (χ0n) is 25.9. The molecule has 0 unspecified atom stereocenters. The Morgan fingerprint density at radius 1 is 1.00 bits per heavy atom. The fraction of sp³-hybridized carbons (Fsp3) is 0.333. The Labute approximate surface area is 267 Å². The Balaban J connectivity index is 1.13. The summed E-state index contributed by atoms with van der Waals surface area (Å²) < 4.78 is 6.79. The number of aliphatic hydroxyl groups excluding tert-OH is 1. The monoisotopic (exact) mass is 619 g/mol. The summed E-state index contributed by atoms with van der Waals surface area (Å²) in [4.78, 5) is 47.7. The summed E-state index contributed by atoms with van der Waals surface area (Å²) in [5, 5.41) is 13.7. The fourth-order valence-corrected chi connectivity index (χ4v) is 6.40. The van der Waals surface area contributed by atoms with E-state index in [4.69, 9.17) is 4.74 Å². The molecule has 7 rings (SSSR count). The van der Waals surface area contributed by atoms with Crippen LogP contribution in [0.3, 0.4) is 0 Å². The number of aryl methyl sites for hydroxylation is 1. The first-order valence-corrected chi connectivity index (χ1v) is 15.9. The van der Waals surface area contributed by atoms with Crippen molar-refractivity contribution in [2.45, 2.75) is 38.2 Å². The molecule has 10 nitrogen and oxygen atoms in total. The zero-order valence-corrected chi connectivity index (χ0v) is 25.9. The highest BCUT2D eigenvalue weighted by molar-refractivity contribution is 6.09. The molecule has 46 heavy (non-hydrogen) atoms. The molecule has 3 aromatic carbocycles. The van der Waals surface area contributed by atoms with Crippen LogP contribution in [0.2, 0.25) is 0 Å². The molecule has 3 heterocycles. The predicted molar refractivity (Wildman–Crippen MR) is 175 cm³/mol. The number of nitrogens with zero attached hydrogens (tertiary/aromatic N) is 4. The van der Waals surface area contributed by atoms with Crippen molar-refractivity contribution in [2.75, 3.05) is 43.1 Å². The van der Waals surface area contributed by atoms with Crippen LogP contribution >= 0.6 is 0 Å². The minimum Gasteiger partial charge on any atom is -0.392 e. The number of anilines is 3. The van der Waals surface area contributed by atoms with Gasteiger partial charge in [-0.2, -0.15) is 0 Å². The van der Waals surface area contributed by atoms with E-state index in [-0.39, 0.29) is 29.8 Å². The van der Waals surface area contributed by atoms with Gasteiger partial charge in [0.05, 0.1) is 37.6 Å². The van der Waals surface area contributed by atoms with E-state index in [0.717, 1.165) is 17.5 Å². The Morgan fingerprint density at radius 3 is 2.52 bits per heavy atom. The lowest BCUT2D eigenvalue weighted by Crippen LogP contribution is -2.41. The van der Waals surface area contributed by atoms with Gasteiger partial charge in [0.25, 0.3) is 11.5 Å². The summed E-state index contributed by atoms with van der Waals surface area (Å²) in [6.45, 7) is 2.54. The minimum atomic E-state index is -0.314. The van der Waals surface area contributed by atoms with Gasteiger partial charge in [0.1, 0.15) is 0 Å². The van der Waals surface area contributed by atoms with Crippen molar-refractivity contribution >= 4 is 29.0 Å². The topological polar surface area (TPSA) is 117 Å². The second-order valence-electron chi connectivity index (χ2n) is 12.2. The number of carbonyl (C=O) groups is 2. The maximum atomic E-state index is 13.7. The highest BCUT2D eigenvalue weighted by atomic mass is 16.5. The molecular formula is C36H37N5O5. The molecule has 0 bridgehead atoms. The molecule has 1 saturated carbocycles. The van der Waals surface area contributed by atoms with Crippen LogP contribution < -0.4 is 15.8 Å². The molecule has 1 aliphatic carbocycles. The van der Waals surface area contributed by atoms with Crippen LogP contribution in [-0.4, -0.2) is 64.2 Å². The standard InChI is InChI=1S/C36H37N5O5/c1-39-21-31(38-34(36(39)45)37-27-10-5-23(6-11-27)19-33(43)40-15-17-46-18-16-40)29-3-2-4-32(30(29)22-42)41-14-13-26-20-25(24-7-8-24)9-12-28(26)35(41)44/h2-6,9-12,20-21,24,42H,7-8,13-19,22H2,1H3,(H,37,38). The third-order valence-electron chi connectivity index (χ3n) is 9.14. The Hall–Kier alpha value is -4.80. The van der Waals surface area contributed by atoms with E-state index in [9.17, 15) is 19.5 Å². The third-order valence-corrected chi connectivity index (χ3v) is 9.14. The average molecular weight is 620 g/mol. The van der Waals surface area contributed by atoms with Gasteiger partial charge in [-0.25, -0.2) is 4.98 Å². The van der Waals surface area contributed by atoms with Crippen LogP contribution in [0.5, 0.6) is 0 Å². The summed E-state index contributed by atoms with van der Waals surface area (Å²) in [6.07, 6.45) is 5.10. The number of amides is 2. The molecule has 0 radical (unpaired) electrons. The quantitative estimate of drug-likeness (QED) is 0.304. The largest absolute Gasteiger partial charge is 0.392 e. The lowest BCUT2D eigenvalue weighted by atomic mass is 9.93. The highest BCUT2D eigenvalue weighted by Gasteiger charge is 2.30. The van der Waals surface area contributed by atoms with Gasteiger partial charge in [0, 0.05) is 55.3 Å². The molecule has 10 heteroatoms. The van der Waals surface area contributed by atoms with E-state index in [1.807, 2.05) is 53.4 Å². The maximum absolute atomic E-state index is 13.7. The Morgan fingerprint density at radius 2 is 1.78 bits per heavy atom. The van der Waals surface area contributed by atoms with Crippen molar-refractivity contribution in [1.29, 1.82) is 0 Å². The summed E-state index contributed by atoms with van der Waals surface area (Å²) in [5.74, 6) is 0.731. The lowest BCUT2D eigenvalue weighted by Gasteiger charge is -2.31. The molecule has 2 amide bonds. The summed E-state index contributed by atoms with van der Waals surface area (Å²) in [7, 11) is 1.66. The van der Waals surface area contributed by atoms with Gasteiger partial charge in [-0.3, -0.25) is 14.4 Å². The van der Waals surface area contributed by atoms with Crippen molar-refractivity contribution in [3.05, 3.63) is 105 Å². The maximum Gasteiger partial charge on any atom is 0.293 e. The first-order chi connectivity index (χ1) is 22.4. The van der Waals surface area contributed by atoms with Crippen molar-refractivity contribution in [3.63, 3.8) is 0 Å². The number of fused-ring (bicyclic) bond motifs is 1. The van der Waals surface area contributed by atoms with Gasteiger partial charge in [-0.15, -0.1) is 0 Å². The van der Waals surface area contributed by atoms with Gasteiger partial charge in [0.15, 0.2) is 5.82 Å². The molecule has 2 N–H and O–H groups in total.